The third-order valence-corrected chi connectivity index (χ3v) is 7.80. The number of hydrogen-bond acceptors (Lipinski definition) is 5. The number of thioether (sulfide) groups is 1. The van der Waals surface area contributed by atoms with E-state index < -0.39 is 36.0 Å². The molecule has 0 aliphatic carbocycles. The number of carbonyl (C=O) groups is 4. The minimum absolute atomic E-state index is 0.179. The lowest BCUT2D eigenvalue weighted by molar-refractivity contribution is -0.141. The maximum atomic E-state index is 13.8. The molecule has 1 saturated heterocycles. The van der Waals surface area contributed by atoms with Crippen LogP contribution in [0.15, 0.2) is 59.6 Å². The molecule has 0 radical (unpaired) electrons. The maximum absolute atomic E-state index is 13.8. The smallest absolute Gasteiger partial charge is 0.319 e. The number of nitrogens with zero attached hydrogens (tertiary/aromatic N) is 1. The van der Waals surface area contributed by atoms with Crippen LogP contribution in [0, 0.1) is 5.41 Å². The van der Waals surface area contributed by atoms with Crippen LogP contribution in [0.1, 0.15) is 39.2 Å². The Kier molecular flexibility index (Phi) is 9.27. The molecule has 3 atom stereocenters. The van der Waals surface area contributed by atoms with E-state index >= 15 is 0 Å². The summed E-state index contributed by atoms with van der Waals surface area (Å²) in [6.07, 6.45) is 4.53. The zero-order valence-corrected chi connectivity index (χ0v) is 24.6. The molecule has 0 spiro atoms. The fourth-order valence-corrected chi connectivity index (χ4v) is 5.60. The molecule has 11 heteroatoms. The molecular weight excluding hydrogens is 540 g/mol. The summed E-state index contributed by atoms with van der Waals surface area (Å²) in [5.41, 5.74) is 7.78. The second-order valence-corrected chi connectivity index (χ2v) is 12.4. The molecule has 3 unspecified atom stereocenters. The van der Waals surface area contributed by atoms with Gasteiger partial charge in [-0.05, 0) is 47.9 Å². The highest BCUT2D eigenvalue weighted by atomic mass is 32.2. The highest BCUT2D eigenvalue weighted by Gasteiger charge is 2.44. The summed E-state index contributed by atoms with van der Waals surface area (Å²) in [7, 11) is 0. The molecular formula is C30H38N6O4S. The van der Waals surface area contributed by atoms with Crippen LogP contribution in [0.5, 0.6) is 0 Å². The summed E-state index contributed by atoms with van der Waals surface area (Å²) in [5, 5.41) is 9.41. The monoisotopic (exact) mass is 578 g/mol. The van der Waals surface area contributed by atoms with E-state index in [1.54, 1.807) is 24.0 Å². The van der Waals surface area contributed by atoms with Crippen molar-refractivity contribution in [1.29, 1.82) is 0 Å². The van der Waals surface area contributed by atoms with Crippen LogP contribution in [0.2, 0.25) is 0 Å². The largest absolute Gasteiger partial charge is 0.368 e. The third-order valence-electron chi connectivity index (χ3n) is 7.07. The van der Waals surface area contributed by atoms with Gasteiger partial charge in [-0.2, -0.15) is 0 Å². The molecule has 1 fully saturated rings. The van der Waals surface area contributed by atoms with Gasteiger partial charge in [-0.1, -0.05) is 45.0 Å². The van der Waals surface area contributed by atoms with Gasteiger partial charge in [0.05, 0.1) is 6.04 Å². The molecule has 2 heterocycles. The van der Waals surface area contributed by atoms with E-state index in [0.717, 1.165) is 21.4 Å². The predicted molar refractivity (Wildman–Crippen MR) is 161 cm³/mol. The number of H-pyrrole nitrogens is 1. The van der Waals surface area contributed by atoms with Gasteiger partial charge in [0.25, 0.3) is 0 Å². The Morgan fingerprint density at radius 1 is 1.12 bits per heavy atom. The van der Waals surface area contributed by atoms with Crippen LogP contribution in [0.4, 0.5) is 10.5 Å². The minimum Gasteiger partial charge on any atom is -0.368 e. The minimum atomic E-state index is -1.01. The summed E-state index contributed by atoms with van der Waals surface area (Å²) >= 11 is 1.56. The average Bonchev–Trinajstić information content (AvgIpc) is 3.51. The summed E-state index contributed by atoms with van der Waals surface area (Å²) < 4.78 is 0. The first-order valence-corrected chi connectivity index (χ1v) is 14.8. The number of likely N-dealkylation sites (tertiary alicyclic amines) is 1. The highest BCUT2D eigenvalue weighted by molar-refractivity contribution is 7.98. The highest BCUT2D eigenvalue weighted by Crippen LogP contribution is 2.26. The Morgan fingerprint density at radius 2 is 1.88 bits per heavy atom. The Labute approximate surface area is 244 Å². The number of benzene rings is 2. The van der Waals surface area contributed by atoms with Gasteiger partial charge in [-0.15, -0.1) is 11.8 Å². The molecule has 0 bridgehead atoms. The molecule has 5 amide bonds. The van der Waals surface area contributed by atoms with Crippen LogP contribution >= 0.6 is 11.8 Å². The van der Waals surface area contributed by atoms with E-state index in [4.69, 9.17) is 5.73 Å². The number of anilines is 1. The second kappa shape index (κ2) is 12.7. The zero-order chi connectivity index (χ0) is 29.7. The Bertz CT molecular complexity index is 1430. The number of urea groups is 1. The van der Waals surface area contributed by atoms with E-state index in [9.17, 15) is 19.2 Å². The van der Waals surface area contributed by atoms with Gasteiger partial charge in [-0.3, -0.25) is 14.4 Å². The van der Waals surface area contributed by atoms with Gasteiger partial charge < -0.3 is 31.6 Å². The molecule has 2 aromatic carbocycles. The number of hydrogen-bond donors (Lipinski definition) is 5. The van der Waals surface area contributed by atoms with Crippen molar-refractivity contribution < 1.29 is 19.2 Å². The number of nitrogens with two attached hydrogens (primary N) is 1. The molecule has 1 aromatic heterocycles. The number of rotatable bonds is 9. The SMILES string of the molecule is CSc1cccc(NC(=O)NC2CCN(C(=O)CC(C)(C)C)C2C(=O)NC(Cc2c[nH]c3ccccc23)C(N)=O)c1. The lowest BCUT2D eigenvalue weighted by Crippen LogP contribution is -2.58. The molecule has 41 heavy (non-hydrogen) atoms. The van der Waals surface area contributed by atoms with Crippen molar-refractivity contribution >= 4 is 52.1 Å². The number of aromatic amines is 1. The van der Waals surface area contributed by atoms with E-state index in [1.807, 2.05) is 69.5 Å². The standard InChI is InChI=1S/C30H38N6O4S/c1-30(2,3)16-25(37)36-13-12-23(35-29(40)33-19-8-7-9-20(15-19)41-4)26(36)28(39)34-24(27(31)38)14-18-17-32-22-11-6-5-10-21(18)22/h5-11,15,17,23-24,26,32H,12-14,16H2,1-4H3,(H2,31,38)(H,34,39)(H2,33,35,40). The fraction of sp³-hybridized carbons (Fsp3) is 0.400. The Balaban J connectivity index is 1.53. The average molecular weight is 579 g/mol. The van der Waals surface area contributed by atoms with Crippen LogP contribution in [-0.4, -0.2) is 64.6 Å². The van der Waals surface area contributed by atoms with Gasteiger partial charge in [-0.25, -0.2) is 4.79 Å². The van der Waals surface area contributed by atoms with E-state index in [-0.39, 0.29) is 24.2 Å². The second-order valence-electron chi connectivity index (χ2n) is 11.5. The van der Waals surface area contributed by atoms with Crippen molar-refractivity contribution in [3.05, 3.63) is 60.3 Å². The van der Waals surface area contributed by atoms with Crippen LogP contribution in [0.3, 0.4) is 0 Å². The summed E-state index contributed by atoms with van der Waals surface area (Å²) in [4.78, 5) is 58.2. The van der Waals surface area contributed by atoms with E-state index in [0.29, 0.717) is 18.7 Å². The molecule has 218 valence electrons. The van der Waals surface area contributed by atoms with Crippen LogP contribution in [0.25, 0.3) is 10.9 Å². The summed E-state index contributed by atoms with van der Waals surface area (Å²) in [6.45, 7) is 6.15. The third kappa shape index (κ3) is 7.60. The molecule has 4 rings (SSSR count). The fourth-order valence-electron chi connectivity index (χ4n) is 5.14. The summed E-state index contributed by atoms with van der Waals surface area (Å²) in [5.74, 6) is -1.42. The van der Waals surface area contributed by atoms with Crippen molar-refractivity contribution in [1.82, 2.24) is 20.5 Å². The first-order valence-electron chi connectivity index (χ1n) is 13.6. The first kappa shape index (κ1) is 30.0. The van der Waals surface area contributed by atoms with Gasteiger partial charge >= 0.3 is 6.03 Å². The Hall–Kier alpha value is -3.99. The van der Waals surface area contributed by atoms with Crippen molar-refractivity contribution in [2.45, 2.75) is 63.1 Å². The number of nitrogens with one attached hydrogen (secondary N) is 4. The lowest BCUT2D eigenvalue weighted by Gasteiger charge is -2.31. The predicted octanol–water partition coefficient (Wildman–Crippen LogP) is 3.63. The number of primary amides is 1. The van der Waals surface area contributed by atoms with E-state index in [1.165, 1.54) is 4.90 Å². The normalized spacial score (nSPS) is 17.7. The van der Waals surface area contributed by atoms with Crippen molar-refractivity contribution in [2.75, 3.05) is 18.1 Å². The topological polar surface area (TPSA) is 149 Å². The van der Waals surface area contributed by atoms with Gasteiger partial charge in [0.2, 0.25) is 17.7 Å². The molecule has 10 nitrogen and oxygen atoms in total. The van der Waals surface area contributed by atoms with Crippen LogP contribution < -0.4 is 21.7 Å². The molecule has 3 aromatic rings. The van der Waals surface area contributed by atoms with Crippen LogP contribution in [-0.2, 0) is 20.8 Å². The first-order chi connectivity index (χ1) is 19.4. The molecule has 0 saturated carbocycles. The molecule has 1 aliphatic heterocycles. The Morgan fingerprint density at radius 3 is 2.59 bits per heavy atom. The number of carbonyl (C=O) groups excluding carboxylic acids is 4. The molecule has 1 aliphatic rings. The lowest BCUT2D eigenvalue weighted by atomic mass is 9.91. The van der Waals surface area contributed by atoms with E-state index in [2.05, 4.69) is 20.9 Å². The quantitative estimate of drug-likeness (QED) is 0.246. The van der Waals surface area contributed by atoms with Gasteiger partial charge in [0.1, 0.15) is 12.1 Å². The van der Waals surface area contributed by atoms with Crippen molar-refractivity contribution in [3.8, 4) is 0 Å². The van der Waals surface area contributed by atoms with Crippen molar-refractivity contribution in [3.63, 3.8) is 0 Å². The van der Waals surface area contributed by atoms with Gasteiger partial charge in [0, 0.05) is 47.1 Å². The number of fused-ring (bicyclic) bond motifs is 1. The zero-order valence-electron chi connectivity index (χ0n) is 23.8. The molecule has 6 N–H and O–H groups in total. The maximum Gasteiger partial charge on any atom is 0.319 e. The van der Waals surface area contributed by atoms with Gasteiger partial charge in [0.15, 0.2) is 0 Å². The number of para-hydroxylation sites is 1. The van der Waals surface area contributed by atoms with Crippen molar-refractivity contribution in [2.24, 2.45) is 11.1 Å². The summed E-state index contributed by atoms with van der Waals surface area (Å²) in [6, 6.07) is 11.9. The number of aromatic nitrogens is 1. The number of amides is 5.